The van der Waals surface area contributed by atoms with Crippen LogP contribution in [0.4, 0.5) is 5.69 Å². The van der Waals surface area contributed by atoms with Crippen molar-refractivity contribution in [3.8, 4) is 5.75 Å². The molecular formula is C18H18N2O2S. The van der Waals surface area contributed by atoms with Gasteiger partial charge in [-0.15, -0.1) is 11.3 Å². The third-order valence-electron chi connectivity index (χ3n) is 3.51. The van der Waals surface area contributed by atoms with Crippen LogP contribution in [-0.2, 0) is 11.2 Å². The molecule has 3 aromatic rings. The van der Waals surface area contributed by atoms with Gasteiger partial charge < -0.3 is 10.1 Å². The van der Waals surface area contributed by atoms with Crippen molar-refractivity contribution < 1.29 is 9.53 Å². The molecule has 5 heteroatoms. The molecule has 1 aromatic heterocycles. The number of methoxy groups -OCH3 is 1. The number of aryl methyl sites for hydroxylation is 1. The predicted octanol–water partition coefficient (Wildman–Crippen LogP) is 4.27. The highest BCUT2D eigenvalue weighted by molar-refractivity contribution is 7.18. The van der Waals surface area contributed by atoms with Gasteiger partial charge in [0.05, 0.1) is 28.0 Å². The van der Waals surface area contributed by atoms with Crippen molar-refractivity contribution >= 4 is 33.1 Å². The van der Waals surface area contributed by atoms with E-state index in [0.29, 0.717) is 17.9 Å². The monoisotopic (exact) mass is 326 g/mol. The van der Waals surface area contributed by atoms with E-state index in [4.69, 9.17) is 4.74 Å². The molecule has 0 bridgehead atoms. The summed E-state index contributed by atoms with van der Waals surface area (Å²) >= 11 is 1.70. The van der Waals surface area contributed by atoms with E-state index in [1.54, 1.807) is 18.4 Å². The normalized spacial score (nSPS) is 10.7. The van der Waals surface area contributed by atoms with Crippen molar-refractivity contribution in [1.82, 2.24) is 4.98 Å². The molecule has 0 atom stereocenters. The van der Waals surface area contributed by atoms with E-state index in [-0.39, 0.29) is 5.91 Å². The van der Waals surface area contributed by atoms with Gasteiger partial charge in [0.1, 0.15) is 5.75 Å². The highest BCUT2D eigenvalue weighted by Gasteiger charge is 2.08. The summed E-state index contributed by atoms with van der Waals surface area (Å²) in [5.41, 5.74) is 1.74. The van der Waals surface area contributed by atoms with E-state index in [1.165, 1.54) is 4.70 Å². The van der Waals surface area contributed by atoms with Crippen molar-refractivity contribution in [2.45, 2.75) is 19.3 Å². The number of fused-ring (bicyclic) bond motifs is 1. The number of ether oxygens (including phenoxy) is 1. The first-order valence-electron chi connectivity index (χ1n) is 7.53. The lowest BCUT2D eigenvalue weighted by Crippen LogP contribution is -2.12. The molecule has 0 aliphatic heterocycles. The zero-order valence-electron chi connectivity index (χ0n) is 12.9. The Morgan fingerprint density at radius 1 is 1.17 bits per heavy atom. The molecule has 0 fully saturated rings. The van der Waals surface area contributed by atoms with Crippen LogP contribution in [0.5, 0.6) is 5.75 Å². The molecule has 0 radical (unpaired) electrons. The maximum Gasteiger partial charge on any atom is 0.224 e. The number of carbonyl (C=O) groups excluding carboxylic acids is 1. The number of nitrogens with one attached hydrogen (secondary N) is 1. The lowest BCUT2D eigenvalue weighted by molar-refractivity contribution is -0.116. The van der Waals surface area contributed by atoms with Gasteiger partial charge in [0.2, 0.25) is 5.91 Å². The Kier molecular flexibility index (Phi) is 4.88. The van der Waals surface area contributed by atoms with Gasteiger partial charge in [-0.05, 0) is 37.1 Å². The van der Waals surface area contributed by atoms with E-state index in [1.807, 2.05) is 42.5 Å². The summed E-state index contributed by atoms with van der Waals surface area (Å²) in [5.74, 6) is 0.669. The van der Waals surface area contributed by atoms with Crippen molar-refractivity contribution in [3.05, 3.63) is 53.5 Å². The minimum Gasteiger partial charge on any atom is -0.495 e. The van der Waals surface area contributed by atoms with Crippen molar-refractivity contribution in [3.63, 3.8) is 0 Å². The summed E-state index contributed by atoms with van der Waals surface area (Å²) in [6.45, 7) is 0. The average molecular weight is 326 g/mol. The smallest absolute Gasteiger partial charge is 0.224 e. The highest BCUT2D eigenvalue weighted by atomic mass is 32.1. The Balaban J connectivity index is 1.53. The standard InChI is InChI=1S/C18H18N2O2S/c1-22-15-9-4-2-7-13(15)19-17(21)11-6-12-18-20-14-8-3-5-10-16(14)23-18/h2-5,7-10H,6,11-12H2,1H3,(H,19,21). The summed E-state index contributed by atoms with van der Waals surface area (Å²) in [6, 6.07) is 15.5. The summed E-state index contributed by atoms with van der Waals surface area (Å²) in [5, 5.41) is 3.97. The van der Waals surface area contributed by atoms with Gasteiger partial charge >= 0.3 is 0 Å². The largest absolute Gasteiger partial charge is 0.495 e. The molecule has 1 heterocycles. The van der Waals surface area contributed by atoms with Crippen LogP contribution < -0.4 is 10.1 Å². The van der Waals surface area contributed by atoms with Crippen molar-refractivity contribution in [2.75, 3.05) is 12.4 Å². The minimum absolute atomic E-state index is 0.00406. The van der Waals surface area contributed by atoms with Crippen LogP contribution in [0.25, 0.3) is 10.2 Å². The Morgan fingerprint density at radius 3 is 2.78 bits per heavy atom. The molecule has 1 N–H and O–H groups in total. The molecule has 0 aliphatic carbocycles. The molecule has 0 saturated carbocycles. The van der Waals surface area contributed by atoms with Gasteiger partial charge in [-0.1, -0.05) is 24.3 Å². The molecule has 23 heavy (non-hydrogen) atoms. The second kappa shape index (κ2) is 7.24. The molecule has 118 valence electrons. The quantitative estimate of drug-likeness (QED) is 0.736. The fourth-order valence-electron chi connectivity index (χ4n) is 2.39. The van der Waals surface area contributed by atoms with Crippen LogP contribution in [-0.4, -0.2) is 18.0 Å². The Labute approximate surface area is 139 Å². The Hall–Kier alpha value is -2.40. The third-order valence-corrected chi connectivity index (χ3v) is 4.61. The lowest BCUT2D eigenvalue weighted by Gasteiger charge is -2.09. The summed E-state index contributed by atoms with van der Waals surface area (Å²) < 4.78 is 6.43. The van der Waals surface area contributed by atoms with Gasteiger partial charge in [0.25, 0.3) is 0 Å². The number of anilines is 1. The van der Waals surface area contributed by atoms with Gasteiger partial charge in [0, 0.05) is 6.42 Å². The van der Waals surface area contributed by atoms with Crippen LogP contribution in [0.1, 0.15) is 17.8 Å². The number of aromatic nitrogens is 1. The fraction of sp³-hybridized carbons (Fsp3) is 0.222. The van der Waals surface area contributed by atoms with E-state index < -0.39 is 0 Å². The number of hydrogen-bond acceptors (Lipinski definition) is 4. The van der Waals surface area contributed by atoms with Gasteiger partial charge in [-0.3, -0.25) is 4.79 Å². The molecular weight excluding hydrogens is 308 g/mol. The van der Waals surface area contributed by atoms with Crippen LogP contribution in [0.3, 0.4) is 0 Å². The molecule has 0 aliphatic rings. The number of thiazole rings is 1. The number of para-hydroxylation sites is 3. The zero-order valence-corrected chi connectivity index (χ0v) is 13.7. The van der Waals surface area contributed by atoms with E-state index in [0.717, 1.165) is 23.4 Å². The molecule has 0 saturated heterocycles. The van der Waals surface area contributed by atoms with Crippen LogP contribution >= 0.6 is 11.3 Å². The number of hydrogen-bond donors (Lipinski definition) is 1. The minimum atomic E-state index is -0.00406. The first kappa shape index (κ1) is 15.5. The van der Waals surface area contributed by atoms with Crippen molar-refractivity contribution in [2.24, 2.45) is 0 Å². The first-order chi connectivity index (χ1) is 11.3. The summed E-state index contributed by atoms with van der Waals surface area (Å²) in [7, 11) is 1.60. The second-order valence-corrected chi connectivity index (χ2v) is 6.29. The molecule has 1 amide bonds. The molecule has 0 unspecified atom stereocenters. The first-order valence-corrected chi connectivity index (χ1v) is 8.35. The maximum absolute atomic E-state index is 12.1. The summed E-state index contributed by atoms with van der Waals surface area (Å²) in [4.78, 5) is 16.6. The molecule has 2 aromatic carbocycles. The Morgan fingerprint density at radius 2 is 1.96 bits per heavy atom. The second-order valence-electron chi connectivity index (χ2n) is 5.18. The number of amides is 1. The van der Waals surface area contributed by atoms with Gasteiger partial charge in [-0.2, -0.15) is 0 Å². The van der Waals surface area contributed by atoms with E-state index in [9.17, 15) is 4.79 Å². The maximum atomic E-state index is 12.1. The SMILES string of the molecule is COc1ccccc1NC(=O)CCCc1nc2ccccc2s1. The predicted molar refractivity (Wildman–Crippen MR) is 94.2 cm³/mol. The molecule has 0 spiro atoms. The van der Waals surface area contributed by atoms with Crippen LogP contribution in [0, 0.1) is 0 Å². The molecule has 3 rings (SSSR count). The average Bonchev–Trinajstić information content (AvgIpc) is 2.98. The number of benzene rings is 2. The Bertz CT molecular complexity index is 780. The lowest BCUT2D eigenvalue weighted by atomic mass is 10.2. The van der Waals surface area contributed by atoms with Crippen LogP contribution in [0.15, 0.2) is 48.5 Å². The van der Waals surface area contributed by atoms with E-state index in [2.05, 4.69) is 16.4 Å². The highest BCUT2D eigenvalue weighted by Crippen LogP contribution is 2.24. The third kappa shape index (κ3) is 3.87. The summed E-state index contributed by atoms with van der Waals surface area (Å²) in [6.07, 6.45) is 2.06. The van der Waals surface area contributed by atoms with E-state index >= 15 is 0 Å². The topological polar surface area (TPSA) is 51.2 Å². The number of carbonyl (C=O) groups is 1. The van der Waals surface area contributed by atoms with Crippen molar-refractivity contribution in [1.29, 1.82) is 0 Å². The number of nitrogens with zero attached hydrogens (tertiary/aromatic N) is 1. The zero-order chi connectivity index (χ0) is 16.1. The number of rotatable bonds is 6. The van der Waals surface area contributed by atoms with Crippen LogP contribution in [0.2, 0.25) is 0 Å². The fourth-order valence-corrected chi connectivity index (χ4v) is 3.40. The molecule has 4 nitrogen and oxygen atoms in total. The van der Waals surface area contributed by atoms with Gasteiger partial charge in [-0.25, -0.2) is 4.98 Å². The van der Waals surface area contributed by atoms with Gasteiger partial charge in [0.15, 0.2) is 0 Å².